The molecule has 5 heteroatoms. The van der Waals surface area contributed by atoms with E-state index in [9.17, 15) is 9.18 Å². The highest BCUT2D eigenvalue weighted by Crippen LogP contribution is 2.51. The van der Waals surface area contributed by atoms with Crippen LogP contribution in [0.1, 0.15) is 11.5 Å². The molecule has 17 heavy (non-hydrogen) atoms. The molecule has 1 aliphatic rings. The summed E-state index contributed by atoms with van der Waals surface area (Å²) in [6, 6.07) is 7.37. The van der Waals surface area contributed by atoms with Gasteiger partial charge in [0.05, 0.1) is 13.0 Å². The Hall–Kier alpha value is -0.940. The average molecular weight is 302 g/mol. The standard InChI is InChI=1S/C12H13BrFNO2/c1-15(17-2)12(16)10-9(11(10)14)7-3-5-8(13)6-4-7/h3-6,9-11H,1-2H3/t9-,10-,11+/m1/s1. The predicted molar refractivity (Wildman–Crippen MR) is 65.0 cm³/mol. The molecule has 0 unspecified atom stereocenters. The Morgan fingerprint density at radius 2 is 2.00 bits per heavy atom. The Bertz CT molecular complexity index is 423. The van der Waals surface area contributed by atoms with Crippen LogP contribution in [0.4, 0.5) is 4.39 Å². The lowest BCUT2D eigenvalue weighted by molar-refractivity contribution is -0.170. The summed E-state index contributed by atoms with van der Waals surface area (Å²) in [6.07, 6.45) is -1.11. The Morgan fingerprint density at radius 1 is 1.41 bits per heavy atom. The molecule has 0 saturated heterocycles. The van der Waals surface area contributed by atoms with E-state index in [1.165, 1.54) is 14.2 Å². The number of hydrogen-bond acceptors (Lipinski definition) is 2. The van der Waals surface area contributed by atoms with Gasteiger partial charge >= 0.3 is 0 Å². The van der Waals surface area contributed by atoms with Crippen molar-refractivity contribution in [2.45, 2.75) is 12.1 Å². The topological polar surface area (TPSA) is 29.5 Å². The second-order valence-corrected chi connectivity index (χ2v) is 4.98. The maximum absolute atomic E-state index is 13.7. The van der Waals surface area contributed by atoms with Crippen LogP contribution in [0, 0.1) is 5.92 Å². The summed E-state index contributed by atoms with van der Waals surface area (Å²) in [5.41, 5.74) is 0.851. The quantitative estimate of drug-likeness (QED) is 0.803. The molecule has 1 saturated carbocycles. The van der Waals surface area contributed by atoms with Crippen molar-refractivity contribution in [3.8, 4) is 0 Å². The number of alkyl halides is 1. The smallest absolute Gasteiger partial charge is 0.252 e. The van der Waals surface area contributed by atoms with Gasteiger partial charge in [0.15, 0.2) is 0 Å². The average Bonchev–Trinajstić information content (AvgIpc) is 3.00. The molecule has 1 aromatic rings. The van der Waals surface area contributed by atoms with Crippen LogP contribution in [0.3, 0.4) is 0 Å². The van der Waals surface area contributed by atoms with Crippen LogP contribution in [0.2, 0.25) is 0 Å². The highest BCUT2D eigenvalue weighted by atomic mass is 79.9. The van der Waals surface area contributed by atoms with Crippen LogP contribution in [-0.2, 0) is 9.63 Å². The molecule has 0 aliphatic heterocycles. The molecule has 92 valence electrons. The lowest BCUT2D eigenvalue weighted by Gasteiger charge is -2.12. The normalized spacial score (nSPS) is 26.7. The number of carbonyl (C=O) groups is 1. The number of rotatable bonds is 3. The summed E-state index contributed by atoms with van der Waals surface area (Å²) < 4.78 is 14.6. The number of nitrogens with zero attached hydrogens (tertiary/aromatic N) is 1. The minimum atomic E-state index is -1.11. The first-order valence-electron chi connectivity index (χ1n) is 5.27. The van der Waals surface area contributed by atoms with Crippen molar-refractivity contribution in [2.75, 3.05) is 14.2 Å². The van der Waals surface area contributed by atoms with Crippen molar-refractivity contribution in [1.29, 1.82) is 0 Å². The summed E-state index contributed by atoms with van der Waals surface area (Å²) in [4.78, 5) is 16.5. The van der Waals surface area contributed by atoms with E-state index >= 15 is 0 Å². The van der Waals surface area contributed by atoms with E-state index in [4.69, 9.17) is 4.84 Å². The van der Waals surface area contributed by atoms with E-state index in [-0.39, 0.29) is 11.8 Å². The summed E-state index contributed by atoms with van der Waals surface area (Å²) in [6.45, 7) is 0. The summed E-state index contributed by atoms with van der Waals surface area (Å²) in [5, 5.41) is 1.08. The third-order valence-electron chi connectivity index (χ3n) is 3.06. The van der Waals surface area contributed by atoms with Crippen LogP contribution < -0.4 is 0 Å². The van der Waals surface area contributed by atoms with Gasteiger partial charge in [0, 0.05) is 17.4 Å². The van der Waals surface area contributed by atoms with E-state index in [1.807, 2.05) is 24.3 Å². The second kappa shape index (κ2) is 4.74. The van der Waals surface area contributed by atoms with Gasteiger partial charge in [-0.05, 0) is 17.7 Å². The summed E-state index contributed by atoms with van der Waals surface area (Å²) >= 11 is 3.32. The first kappa shape index (κ1) is 12.5. The van der Waals surface area contributed by atoms with Crippen LogP contribution in [0.5, 0.6) is 0 Å². The van der Waals surface area contributed by atoms with Gasteiger partial charge in [0.1, 0.15) is 6.17 Å². The van der Waals surface area contributed by atoms with Crippen molar-refractivity contribution in [3.63, 3.8) is 0 Å². The zero-order valence-electron chi connectivity index (χ0n) is 9.56. The largest absolute Gasteiger partial charge is 0.275 e. The summed E-state index contributed by atoms with van der Waals surface area (Å²) in [5.74, 6) is -1.26. The number of hydroxylamine groups is 2. The summed E-state index contributed by atoms with van der Waals surface area (Å²) in [7, 11) is 2.88. The Kier molecular flexibility index (Phi) is 3.49. The molecule has 1 aromatic carbocycles. The van der Waals surface area contributed by atoms with Crippen LogP contribution in [0.25, 0.3) is 0 Å². The second-order valence-electron chi connectivity index (χ2n) is 4.07. The van der Waals surface area contributed by atoms with Crippen molar-refractivity contribution in [2.24, 2.45) is 5.92 Å². The molecule has 3 atom stereocenters. The maximum atomic E-state index is 13.7. The Balaban J connectivity index is 2.10. The van der Waals surface area contributed by atoms with E-state index in [0.717, 1.165) is 15.1 Å². The predicted octanol–water partition coefficient (Wildman–Crippen LogP) is 2.52. The molecule has 1 aliphatic carbocycles. The molecule has 0 radical (unpaired) electrons. The van der Waals surface area contributed by atoms with Crippen LogP contribution in [0.15, 0.2) is 28.7 Å². The number of amides is 1. The first-order chi connectivity index (χ1) is 8.06. The molecule has 0 aromatic heterocycles. The molecule has 1 fully saturated rings. The minimum absolute atomic E-state index is 0.312. The lowest BCUT2D eigenvalue weighted by Crippen LogP contribution is -2.27. The van der Waals surface area contributed by atoms with E-state index in [2.05, 4.69) is 15.9 Å². The molecular formula is C12H13BrFNO2. The fourth-order valence-corrected chi connectivity index (χ4v) is 2.20. The molecule has 0 N–H and O–H groups in total. The van der Waals surface area contributed by atoms with Gasteiger partial charge in [-0.2, -0.15) is 0 Å². The van der Waals surface area contributed by atoms with Gasteiger partial charge < -0.3 is 0 Å². The zero-order valence-corrected chi connectivity index (χ0v) is 11.1. The Labute approximate surface area is 108 Å². The number of carbonyl (C=O) groups excluding carboxylic acids is 1. The third-order valence-corrected chi connectivity index (χ3v) is 3.59. The number of benzene rings is 1. The highest BCUT2D eigenvalue weighted by molar-refractivity contribution is 9.10. The lowest BCUT2D eigenvalue weighted by atomic mass is 10.1. The maximum Gasteiger partial charge on any atom is 0.252 e. The van der Waals surface area contributed by atoms with Crippen molar-refractivity contribution in [1.82, 2.24) is 5.06 Å². The fourth-order valence-electron chi connectivity index (χ4n) is 1.94. The van der Waals surface area contributed by atoms with Gasteiger partial charge in [0.2, 0.25) is 0 Å². The van der Waals surface area contributed by atoms with Gasteiger partial charge in [-0.15, -0.1) is 0 Å². The third kappa shape index (κ3) is 2.35. The van der Waals surface area contributed by atoms with Gasteiger partial charge in [-0.3, -0.25) is 9.63 Å². The molecule has 0 bridgehead atoms. The first-order valence-corrected chi connectivity index (χ1v) is 6.06. The molecule has 2 rings (SSSR count). The molecule has 3 nitrogen and oxygen atoms in total. The van der Waals surface area contributed by atoms with Crippen LogP contribution in [-0.4, -0.2) is 31.3 Å². The van der Waals surface area contributed by atoms with Gasteiger partial charge in [0.25, 0.3) is 5.91 Å². The Morgan fingerprint density at radius 3 is 2.53 bits per heavy atom. The number of hydrogen-bond donors (Lipinski definition) is 0. The van der Waals surface area contributed by atoms with Crippen molar-refractivity contribution >= 4 is 21.8 Å². The van der Waals surface area contributed by atoms with Crippen LogP contribution >= 0.6 is 15.9 Å². The highest BCUT2D eigenvalue weighted by Gasteiger charge is 2.57. The van der Waals surface area contributed by atoms with Crippen molar-refractivity contribution < 1.29 is 14.0 Å². The molecular weight excluding hydrogens is 289 g/mol. The van der Waals surface area contributed by atoms with E-state index < -0.39 is 12.1 Å². The monoisotopic (exact) mass is 301 g/mol. The molecule has 1 amide bonds. The molecule has 0 spiro atoms. The van der Waals surface area contributed by atoms with Gasteiger partial charge in [-0.1, -0.05) is 28.1 Å². The van der Waals surface area contributed by atoms with Crippen molar-refractivity contribution in [3.05, 3.63) is 34.3 Å². The van der Waals surface area contributed by atoms with E-state index in [0.29, 0.717) is 0 Å². The molecule has 0 heterocycles. The SMILES string of the molecule is CON(C)C(=O)[C@H]1[C@@H](F)[C@@H]1c1ccc(Br)cc1. The minimum Gasteiger partial charge on any atom is -0.275 e. The fraction of sp³-hybridized carbons (Fsp3) is 0.417. The van der Waals surface area contributed by atoms with E-state index in [1.54, 1.807) is 0 Å². The zero-order chi connectivity index (χ0) is 12.6. The number of halogens is 2. The van der Waals surface area contributed by atoms with Gasteiger partial charge in [-0.25, -0.2) is 9.45 Å².